The first-order valence-corrected chi connectivity index (χ1v) is 13.1. The average Bonchev–Trinajstić information content (AvgIpc) is 3.57. The van der Waals surface area contributed by atoms with E-state index in [1.54, 1.807) is 17.9 Å². The van der Waals surface area contributed by atoms with Gasteiger partial charge in [0.1, 0.15) is 11.1 Å². The number of hydrogen-bond donors (Lipinski definition) is 0. The monoisotopic (exact) mass is 471 g/mol. The van der Waals surface area contributed by atoms with Gasteiger partial charge in [-0.1, -0.05) is 36.4 Å². The maximum absolute atomic E-state index is 15.1. The van der Waals surface area contributed by atoms with Gasteiger partial charge in [-0.3, -0.25) is 4.79 Å². The quantitative estimate of drug-likeness (QED) is 0.684. The van der Waals surface area contributed by atoms with Crippen molar-refractivity contribution < 1.29 is 17.6 Å². The number of carbonyl (C=O) groups is 1. The average molecular weight is 472 g/mol. The van der Waals surface area contributed by atoms with E-state index in [9.17, 15) is 13.2 Å². The van der Waals surface area contributed by atoms with Gasteiger partial charge < -0.3 is 9.80 Å². The highest BCUT2D eigenvalue weighted by Crippen LogP contribution is 2.57. The zero-order chi connectivity index (χ0) is 23.2. The van der Waals surface area contributed by atoms with Gasteiger partial charge in [-0.2, -0.15) is 4.31 Å². The van der Waals surface area contributed by atoms with Gasteiger partial charge in [0.2, 0.25) is 15.9 Å². The van der Waals surface area contributed by atoms with E-state index in [1.807, 2.05) is 36.4 Å². The van der Waals surface area contributed by atoms with E-state index in [0.717, 1.165) is 24.1 Å². The van der Waals surface area contributed by atoms with Crippen molar-refractivity contribution >= 4 is 21.6 Å². The summed E-state index contributed by atoms with van der Waals surface area (Å²) in [4.78, 5) is 15.4. The lowest BCUT2D eigenvalue weighted by Gasteiger charge is -2.38. The van der Waals surface area contributed by atoms with E-state index in [4.69, 9.17) is 0 Å². The second-order valence-corrected chi connectivity index (χ2v) is 11.8. The van der Waals surface area contributed by atoms with Crippen molar-refractivity contribution in [1.29, 1.82) is 0 Å². The fraction of sp³-hybridized carbons (Fsp3) is 0.480. The summed E-state index contributed by atoms with van der Waals surface area (Å²) in [6.45, 7) is 4.62. The highest BCUT2D eigenvalue weighted by molar-refractivity contribution is 7.89. The zero-order valence-corrected chi connectivity index (χ0v) is 19.7. The molecule has 8 heteroatoms. The SMILES string of the molecule is CC(=O)N1CCN(c2ccc(CN3CC4(CC4)CC(c4ccccc4)S3(=O)=O)c(F)c2)CC1. The minimum absolute atomic E-state index is 0.0264. The van der Waals surface area contributed by atoms with Gasteiger partial charge >= 0.3 is 0 Å². The van der Waals surface area contributed by atoms with Crippen molar-refractivity contribution in [2.45, 2.75) is 38.0 Å². The normalized spacial score (nSPS) is 24.1. The molecule has 1 aliphatic carbocycles. The number of benzene rings is 2. The predicted molar refractivity (Wildman–Crippen MR) is 126 cm³/mol. The van der Waals surface area contributed by atoms with Gasteiger partial charge in [-0.05, 0) is 42.4 Å². The summed E-state index contributed by atoms with van der Waals surface area (Å²) in [5, 5.41) is -0.574. The van der Waals surface area contributed by atoms with Crippen LogP contribution in [-0.2, 0) is 21.4 Å². The van der Waals surface area contributed by atoms with Crippen LogP contribution in [0.15, 0.2) is 48.5 Å². The molecule has 176 valence electrons. The minimum atomic E-state index is -3.59. The lowest BCUT2D eigenvalue weighted by atomic mass is 9.95. The topological polar surface area (TPSA) is 60.9 Å². The van der Waals surface area contributed by atoms with Crippen molar-refractivity contribution in [1.82, 2.24) is 9.21 Å². The Balaban J connectivity index is 1.35. The molecule has 1 saturated carbocycles. The van der Waals surface area contributed by atoms with Crippen LogP contribution in [0.3, 0.4) is 0 Å². The molecule has 2 aromatic rings. The summed E-state index contributed by atoms with van der Waals surface area (Å²) in [6.07, 6.45) is 2.69. The molecular weight excluding hydrogens is 441 g/mol. The minimum Gasteiger partial charge on any atom is -0.368 e. The molecule has 1 spiro atoms. The molecule has 5 rings (SSSR count). The maximum Gasteiger partial charge on any atom is 0.221 e. The zero-order valence-electron chi connectivity index (χ0n) is 18.9. The van der Waals surface area contributed by atoms with Crippen LogP contribution < -0.4 is 4.90 Å². The van der Waals surface area contributed by atoms with Crippen LogP contribution in [0.1, 0.15) is 42.6 Å². The van der Waals surface area contributed by atoms with E-state index >= 15 is 4.39 Å². The third-order valence-electron chi connectivity index (χ3n) is 7.45. The van der Waals surface area contributed by atoms with Gasteiger partial charge in [0.15, 0.2) is 0 Å². The van der Waals surface area contributed by atoms with Crippen molar-refractivity contribution in [3.63, 3.8) is 0 Å². The molecular formula is C25H30FN3O3S. The first-order chi connectivity index (χ1) is 15.8. The highest BCUT2D eigenvalue weighted by atomic mass is 32.2. The largest absolute Gasteiger partial charge is 0.368 e. The Morgan fingerprint density at radius 2 is 1.76 bits per heavy atom. The Labute approximate surface area is 195 Å². The number of piperazine rings is 1. The molecule has 33 heavy (non-hydrogen) atoms. The number of rotatable bonds is 4. The molecule has 2 aliphatic heterocycles. The van der Waals surface area contributed by atoms with E-state index in [-0.39, 0.29) is 23.7 Å². The summed E-state index contributed by atoms with van der Waals surface area (Å²) in [5.74, 6) is -0.329. The molecule has 1 unspecified atom stereocenters. The number of nitrogens with zero attached hydrogens (tertiary/aromatic N) is 3. The summed E-state index contributed by atoms with van der Waals surface area (Å²) in [6, 6.07) is 14.5. The molecule has 0 bridgehead atoms. The molecule has 1 atom stereocenters. The number of halogens is 1. The summed E-state index contributed by atoms with van der Waals surface area (Å²) in [7, 11) is -3.59. The Hall–Kier alpha value is -2.45. The van der Waals surface area contributed by atoms with Crippen LogP contribution in [0.5, 0.6) is 0 Å². The van der Waals surface area contributed by atoms with Gasteiger partial charge in [-0.25, -0.2) is 12.8 Å². The fourth-order valence-electron chi connectivity index (χ4n) is 5.18. The second-order valence-electron chi connectivity index (χ2n) is 9.69. The predicted octanol–water partition coefficient (Wildman–Crippen LogP) is 3.55. The van der Waals surface area contributed by atoms with Gasteiger partial charge in [0.25, 0.3) is 0 Å². The Kier molecular flexibility index (Phi) is 5.69. The molecule has 6 nitrogen and oxygen atoms in total. The van der Waals surface area contributed by atoms with Crippen LogP contribution in [0.25, 0.3) is 0 Å². The molecule has 0 aromatic heterocycles. The maximum atomic E-state index is 15.1. The number of hydrogen-bond acceptors (Lipinski definition) is 4. The molecule has 2 aromatic carbocycles. The Bertz CT molecular complexity index is 1140. The van der Waals surface area contributed by atoms with Crippen LogP contribution in [-0.4, -0.2) is 56.3 Å². The van der Waals surface area contributed by atoms with Gasteiger partial charge in [-0.15, -0.1) is 0 Å². The lowest BCUT2D eigenvalue weighted by molar-refractivity contribution is -0.129. The number of sulfonamides is 1. The second kappa shape index (κ2) is 8.40. The van der Waals surface area contributed by atoms with Crippen LogP contribution in [0.2, 0.25) is 0 Å². The molecule has 2 heterocycles. The van der Waals surface area contributed by atoms with Crippen molar-refractivity contribution in [2.75, 3.05) is 37.6 Å². The third kappa shape index (κ3) is 4.38. The van der Waals surface area contributed by atoms with E-state index in [1.165, 1.54) is 10.4 Å². The summed E-state index contributed by atoms with van der Waals surface area (Å²) < 4.78 is 43.7. The Morgan fingerprint density at radius 3 is 2.36 bits per heavy atom. The fourth-order valence-corrected chi connectivity index (χ4v) is 7.38. The van der Waals surface area contributed by atoms with Crippen molar-refractivity contribution in [3.8, 4) is 0 Å². The van der Waals surface area contributed by atoms with Crippen LogP contribution in [0, 0.1) is 11.2 Å². The molecule has 0 N–H and O–H groups in total. The molecule has 3 fully saturated rings. The lowest BCUT2D eigenvalue weighted by Crippen LogP contribution is -2.48. The van der Waals surface area contributed by atoms with Crippen molar-refractivity contribution in [3.05, 3.63) is 65.5 Å². The summed E-state index contributed by atoms with van der Waals surface area (Å²) in [5.41, 5.74) is 2.00. The first-order valence-electron chi connectivity index (χ1n) is 11.6. The molecule has 3 aliphatic rings. The number of carbonyl (C=O) groups excluding carboxylic acids is 1. The van der Waals surface area contributed by atoms with Crippen LogP contribution in [0.4, 0.5) is 10.1 Å². The number of amides is 1. The van der Waals surface area contributed by atoms with Gasteiger partial charge in [0, 0.05) is 57.4 Å². The third-order valence-corrected chi connectivity index (χ3v) is 9.59. The standard InChI is InChI=1S/C25H30FN3O3S/c1-19(30)27-11-13-28(14-12-27)22-8-7-21(23(26)15-22)17-29-18-25(9-10-25)16-24(33(29,31)32)20-5-3-2-4-6-20/h2-8,15,24H,9-14,16-18H2,1H3. The van der Waals surface area contributed by atoms with E-state index in [0.29, 0.717) is 44.7 Å². The molecule has 0 radical (unpaired) electrons. The molecule has 2 saturated heterocycles. The highest BCUT2D eigenvalue weighted by Gasteiger charge is 2.54. The van der Waals surface area contributed by atoms with Gasteiger partial charge in [0.05, 0.1) is 0 Å². The van der Waals surface area contributed by atoms with Crippen LogP contribution >= 0.6 is 0 Å². The first kappa shape index (κ1) is 22.3. The van der Waals surface area contributed by atoms with Crippen molar-refractivity contribution in [2.24, 2.45) is 5.41 Å². The van der Waals surface area contributed by atoms with E-state index in [2.05, 4.69) is 4.90 Å². The number of anilines is 1. The Morgan fingerprint density at radius 1 is 1.06 bits per heavy atom. The summed E-state index contributed by atoms with van der Waals surface area (Å²) >= 11 is 0. The molecule has 1 amide bonds. The smallest absolute Gasteiger partial charge is 0.221 e. The van der Waals surface area contributed by atoms with E-state index < -0.39 is 15.3 Å².